The quantitative estimate of drug-likeness (QED) is 0.457. The van der Waals surface area contributed by atoms with Crippen LogP contribution >= 0.6 is 0 Å². The Morgan fingerprint density at radius 2 is 1.53 bits per heavy atom. The van der Waals surface area contributed by atoms with E-state index in [4.69, 9.17) is 5.73 Å². The van der Waals surface area contributed by atoms with Crippen molar-refractivity contribution in [1.29, 1.82) is 0 Å². The van der Waals surface area contributed by atoms with Crippen molar-refractivity contribution in [3.05, 3.63) is 75.6 Å². The molecule has 0 saturated heterocycles. The Kier molecular flexibility index (Phi) is 5.44. The van der Waals surface area contributed by atoms with Crippen LogP contribution in [0.2, 0.25) is 0 Å². The summed E-state index contributed by atoms with van der Waals surface area (Å²) in [4.78, 5) is 24.8. The molecular weight excluding hydrogens is 430 g/mol. The number of tetrazole rings is 1. The Labute approximate surface area is 197 Å². The zero-order chi connectivity index (χ0) is 23.9. The normalized spacial score (nSPS) is 17.5. The molecule has 2 aliphatic rings. The third kappa shape index (κ3) is 3.47. The maximum Gasteiger partial charge on any atom is 0.251 e. The molecule has 5 N–H and O–H groups in total. The van der Waals surface area contributed by atoms with Crippen LogP contribution in [-0.4, -0.2) is 52.1 Å². The van der Waals surface area contributed by atoms with Gasteiger partial charge in [0.05, 0.1) is 5.41 Å². The summed E-state index contributed by atoms with van der Waals surface area (Å²) in [5.74, 6) is 0.283. The van der Waals surface area contributed by atoms with Gasteiger partial charge in [0.15, 0.2) is 5.82 Å². The first-order valence-electron chi connectivity index (χ1n) is 11.6. The fourth-order valence-electron chi connectivity index (χ4n) is 5.61. The van der Waals surface area contributed by atoms with Crippen LogP contribution < -0.4 is 16.4 Å². The fourth-order valence-corrected chi connectivity index (χ4v) is 5.61. The second kappa shape index (κ2) is 8.32. The van der Waals surface area contributed by atoms with Gasteiger partial charge in [-0.2, -0.15) is 5.21 Å². The minimum absolute atomic E-state index is 0.133. The van der Waals surface area contributed by atoms with Gasteiger partial charge >= 0.3 is 0 Å². The maximum atomic E-state index is 12.4. The third-order valence-electron chi connectivity index (χ3n) is 7.47. The molecule has 34 heavy (non-hydrogen) atoms. The van der Waals surface area contributed by atoms with E-state index >= 15 is 0 Å². The first-order chi connectivity index (χ1) is 16.4. The Hall–Kier alpha value is -3.59. The second-order valence-electron chi connectivity index (χ2n) is 9.44. The number of nitrogens with zero attached hydrogens (tertiary/aromatic N) is 3. The molecule has 1 aromatic heterocycles. The molecule has 0 unspecified atom stereocenters. The van der Waals surface area contributed by atoms with E-state index in [2.05, 4.69) is 31.3 Å². The molecule has 0 aliphatic heterocycles. The summed E-state index contributed by atoms with van der Waals surface area (Å²) < 4.78 is 0. The van der Waals surface area contributed by atoms with E-state index in [1.165, 1.54) is 0 Å². The number of amides is 2. The Balaban J connectivity index is 1.79. The average molecular weight is 460 g/mol. The topological polar surface area (TPSA) is 139 Å². The zero-order valence-electron chi connectivity index (χ0n) is 19.4. The molecule has 1 fully saturated rings. The minimum atomic E-state index is -0.758. The molecular formula is C25H29N7O2. The molecule has 0 spiro atoms. The lowest BCUT2D eigenvalue weighted by Gasteiger charge is -2.46. The first-order valence-corrected chi connectivity index (χ1v) is 11.6. The Bertz CT molecular complexity index is 1180. The van der Waals surface area contributed by atoms with Crippen LogP contribution in [-0.2, 0) is 18.3 Å². The lowest BCUT2D eigenvalue weighted by atomic mass is 9.60. The number of carbonyl (C=O) groups excluding carboxylic acids is 2. The van der Waals surface area contributed by atoms with E-state index in [0.717, 1.165) is 41.5 Å². The van der Waals surface area contributed by atoms with Gasteiger partial charge in [-0.25, -0.2) is 0 Å². The average Bonchev–Trinajstić information content (AvgIpc) is 3.35. The monoisotopic (exact) mass is 459 g/mol. The Morgan fingerprint density at radius 1 is 0.971 bits per heavy atom. The highest BCUT2D eigenvalue weighted by Gasteiger charge is 2.50. The predicted octanol–water partition coefficient (Wildman–Crippen LogP) is 1.62. The third-order valence-corrected chi connectivity index (χ3v) is 7.47. The number of aromatic amines is 1. The van der Waals surface area contributed by atoms with E-state index in [1.807, 2.05) is 36.4 Å². The molecule has 2 aromatic carbocycles. The number of aryl methyl sites for hydroxylation is 2. The summed E-state index contributed by atoms with van der Waals surface area (Å²) in [7, 11) is 3.26. The highest BCUT2D eigenvalue weighted by molar-refractivity contribution is 5.95. The van der Waals surface area contributed by atoms with Gasteiger partial charge in [0.2, 0.25) is 0 Å². The highest BCUT2D eigenvalue weighted by atomic mass is 16.2. The van der Waals surface area contributed by atoms with Gasteiger partial charge in [0.1, 0.15) is 0 Å². The molecule has 1 heterocycles. The molecule has 9 nitrogen and oxygen atoms in total. The van der Waals surface area contributed by atoms with Crippen molar-refractivity contribution in [3.8, 4) is 0 Å². The smallest absolute Gasteiger partial charge is 0.251 e. The van der Waals surface area contributed by atoms with Crippen molar-refractivity contribution in [2.75, 3.05) is 14.1 Å². The summed E-state index contributed by atoms with van der Waals surface area (Å²) in [6.45, 7) is 0. The van der Waals surface area contributed by atoms with Crippen LogP contribution in [0.5, 0.6) is 0 Å². The summed E-state index contributed by atoms with van der Waals surface area (Å²) in [6, 6.07) is 11.6. The zero-order valence-corrected chi connectivity index (χ0v) is 19.4. The number of H-pyrrole nitrogens is 1. The van der Waals surface area contributed by atoms with E-state index in [-0.39, 0.29) is 17.4 Å². The molecule has 0 radical (unpaired) electrons. The number of aromatic nitrogens is 4. The van der Waals surface area contributed by atoms with Crippen molar-refractivity contribution in [2.24, 2.45) is 5.73 Å². The van der Waals surface area contributed by atoms with Crippen LogP contribution in [0.25, 0.3) is 0 Å². The number of nitrogens with two attached hydrogens (primary N) is 1. The number of rotatable bonds is 5. The van der Waals surface area contributed by atoms with Crippen molar-refractivity contribution < 1.29 is 9.59 Å². The fraction of sp³-hybridized carbons (Fsp3) is 0.400. The molecule has 2 aliphatic carbocycles. The van der Waals surface area contributed by atoms with Crippen molar-refractivity contribution in [1.82, 2.24) is 31.3 Å². The largest absolute Gasteiger partial charge is 0.355 e. The lowest BCUT2D eigenvalue weighted by molar-refractivity contribution is 0.0955. The van der Waals surface area contributed by atoms with E-state index in [9.17, 15) is 9.59 Å². The highest BCUT2D eigenvalue weighted by Crippen LogP contribution is 2.51. The number of hydrogen-bond acceptors (Lipinski definition) is 6. The standard InChI is InChI=1S/C25H29N7O2/c1-27-21(33)17-6-8-19-15(12-17)4-5-16-13-18(22(34)28-2)7-9-20(16)25(19,23-29-31-32-30-23)14-24(26)10-3-11-24/h6-9,12-13H,3-5,10-11,14,26H2,1-2H3,(H,27,33)(H,28,34)(H,29,30,31,32). The maximum absolute atomic E-state index is 12.4. The van der Waals surface area contributed by atoms with Gasteiger partial charge in [-0.1, -0.05) is 17.3 Å². The van der Waals surface area contributed by atoms with Crippen molar-refractivity contribution in [3.63, 3.8) is 0 Å². The van der Waals surface area contributed by atoms with Gasteiger partial charge in [0, 0.05) is 30.8 Å². The van der Waals surface area contributed by atoms with Crippen LogP contribution in [0.15, 0.2) is 36.4 Å². The molecule has 2 amide bonds. The summed E-state index contributed by atoms with van der Waals surface area (Å²) in [6.07, 6.45) is 4.96. The van der Waals surface area contributed by atoms with E-state index in [0.29, 0.717) is 36.2 Å². The number of nitrogens with one attached hydrogen (secondary N) is 3. The predicted molar refractivity (Wildman–Crippen MR) is 127 cm³/mol. The number of carbonyl (C=O) groups is 2. The molecule has 0 bridgehead atoms. The molecule has 1 saturated carbocycles. The Morgan fingerprint density at radius 3 is 1.94 bits per heavy atom. The SMILES string of the molecule is CNC(=O)c1ccc2c(c1)CCc1cc(C(=O)NC)ccc1C2(CC1(N)CCC1)c1nn[nH]n1. The van der Waals surface area contributed by atoms with Crippen LogP contribution in [0, 0.1) is 0 Å². The second-order valence-corrected chi connectivity index (χ2v) is 9.44. The van der Waals surface area contributed by atoms with Gasteiger partial charge in [-0.05, 0) is 85.0 Å². The van der Waals surface area contributed by atoms with Crippen LogP contribution in [0.4, 0.5) is 0 Å². The van der Waals surface area contributed by atoms with Gasteiger partial charge in [-0.15, -0.1) is 10.2 Å². The van der Waals surface area contributed by atoms with E-state index in [1.54, 1.807) is 14.1 Å². The lowest BCUT2D eigenvalue weighted by Crippen LogP contribution is -2.52. The van der Waals surface area contributed by atoms with Crippen LogP contribution in [0.3, 0.4) is 0 Å². The summed E-state index contributed by atoms with van der Waals surface area (Å²) >= 11 is 0. The van der Waals surface area contributed by atoms with E-state index < -0.39 is 5.41 Å². The van der Waals surface area contributed by atoms with Crippen LogP contribution in [0.1, 0.15) is 74.5 Å². The molecule has 5 rings (SSSR count). The first kappa shape index (κ1) is 22.2. The number of benzene rings is 2. The molecule has 0 atom stereocenters. The van der Waals surface area contributed by atoms with Crippen molar-refractivity contribution >= 4 is 11.8 Å². The number of fused-ring (bicyclic) bond motifs is 2. The van der Waals surface area contributed by atoms with Gasteiger partial charge in [0.25, 0.3) is 11.8 Å². The summed E-state index contributed by atoms with van der Waals surface area (Å²) in [5, 5.41) is 20.9. The summed E-state index contributed by atoms with van der Waals surface area (Å²) in [5.41, 5.74) is 11.1. The van der Waals surface area contributed by atoms with Gasteiger partial charge < -0.3 is 16.4 Å². The molecule has 176 valence electrons. The number of hydrogen-bond donors (Lipinski definition) is 4. The van der Waals surface area contributed by atoms with Gasteiger partial charge in [-0.3, -0.25) is 9.59 Å². The molecule has 9 heteroatoms. The van der Waals surface area contributed by atoms with Crippen molar-refractivity contribution in [2.45, 2.75) is 49.5 Å². The minimum Gasteiger partial charge on any atom is -0.355 e. The molecule has 3 aromatic rings.